The Morgan fingerprint density at radius 2 is 2.10 bits per heavy atom. The van der Waals surface area contributed by atoms with Gasteiger partial charge in [-0.05, 0) is 30.9 Å². The summed E-state index contributed by atoms with van der Waals surface area (Å²) in [6.07, 6.45) is 1.61. The zero-order valence-corrected chi connectivity index (χ0v) is 12.8. The van der Waals surface area contributed by atoms with E-state index in [2.05, 4.69) is 5.32 Å². The van der Waals surface area contributed by atoms with Gasteiger partial charge in [-0.15, -0.1) is 11.3 Å². The van der Waals surface area contributed by atoms with E-state index in [1.54, 1.807) is 12.1 Å². The molecule has 0 aromatic carbocycles. The van der Waals surface area contributed by atoms with Gasteiger partial charge in [0.25, 0.3) is 5.91 Å². The van der Waals surface area contributed by atoms with Gasteiger partial charge in [-0.3, -0.25) is 9.59 Å². The highest BCUT2D eigenvalue weighted by molar-refractivity contribution is 7.18. The molecule has 2 N–H and O–H groups in total. The molecule has 114 valence electrons. The van der Waals surface area contributed by atoms with Gasteiger partial charge < -0.3 is 15.3 Å². The maximum atomic E-state index is 12.5. The lowest BCUT2D eigenvalue weighted by Gasteiger charge is -2.37. The van der Waals surface area contributed by atoms with Crippen LogP contribution in [0.3, 0.4) is 0 Å². The first-order valence-electron chi connectivity index (χ1n) is 6.81. The second kappa shape index (κ2) is 6.26. The fourth-order valence-corrected chi connectivity index (χ4v) is 3.54. The molecule has 2 unspecified atom stereocenters. The summed E-state index contributed by atoms with van der Waals surface area (Å²) >= 11 is 1.16. The van der Waals surface area contributed by atoms with Crippen molar-refractivity contribution in [3.8, 4) is 0 Å². The first kappa shape index (κ1) is 15.5. The third kappa shape index (κ3) is 3.41. The number of anilines is 1. The Balaban J connectivity index is 2.19. The lowest BCUT2D eigenvalue weighted by Crippen LogP contribution is -2.51. The van der Waals surface area contributed by atoms with E-state index < -0.39 is 12.0 Å². The molecular formula is C14H18N2O4S. The fraction of sp³-hybridized carbons (Fsp3) is 0.500. The molecule has 2 atom stereocenters. The van der Waals surface area contributed by atoms with Gasteiger partial charge in [-0.25, -0.2) is 4.79 Å². The summed E-state index contributed by atoms with van der Waals surface area (Å²) in [5.41, 5.74) is 0. The number of hydrogen-bond donors (Lipinski definition) is 2. The minimum atomic E-state index is -0.964. The van der Waals surface area contributed by atoms with Crippen LogP contribution in [0, 0.1) is 5.92 Å². The molecule has 21 heavy (non-hydrogen) atoms. The van der Waals surface area contributed by atoms with E-state index in [9.17, 15) is 19.5 Å². The smallest absolute Gasteiger partial charge is 0.326 e. The molecule has 2 amide bonds. The van der Waals surface area contributed by atoms with E-state index in [4.69, 9.17) is 0 Å². The minimum Gasteiger partial charge on any atom is -0.480 e. The van der Waals surface area contributed by atoms with E-state index in [1.165, 1.54) is 11.8 Å². The number of aliphatic carboxylic acids is 1. The number of carboxylic acids is 1. The van der Waals surface area contributed by atoms with Crippen molar-refractivity contribution in [2.45, 2.75) is 32.7 Å². The van der Waals surface area contributed by atoms with Crippen molar-refractivity contribution >= 4 is 34.1 Å². The molecule has 1 saturated heterocycles. The highest BCUT2D eigenvalue weighted by Gasteiger charge is 2.37. The highest BCUT2D eigenvalue weighted by Crippen LogP contribution is 2.28. The Morgan fingerprint density at radius 3 is 2.71 bits per heavy atom. The van der Waals surface area contributed by atoms with Crippen LogP contribution in [0.5, 0.6) is 0 Å². The zero-order valence-electron chi connectivity index (χ0n) is 12.0. The number of likely N-dealkylation sites (tertiary alicyclic amines) is 1. The van der Waals surface area contributed by atoms with E-state index in [0.717, 1.165) is 24.2 Å². The zero-order chi connectivity index (χ0) is 15.6. The summed E-state index contributed by atoms with van der Waals surface area (Å²) in [6.45, 7) is 3.71. The van der Waals surface area contributed by atoms with Gasteiger partial charge in [0, 0.05) is 13.5 Å². The lowest BCUT2D eigenvalue weighted by molar-refractivity contribution is -0.145. The van der Waals surface area contributed by atoms with Gasteiger partial charge in [-0.2, -0.15) is 0 Å². The molecular weight excluding hydrogens is 292 g/mol. The van der Waals surface area contributed by atoms with Crippen molar-refractivity contribution in [3.63, 3.8) is 0 Å². The summed E-state index contributed by atoms with van der Waals surface area (Å²) in [4.78, 5) is 36.8. The van der Waals surface area contributed by atoms with E-state index in [-0.39, 0.29) is 17.7 Å². The molecule has 7 heteroatoms. The Kier molecular flexibility index (Phi) is 4.62. The Hall–Kier alpha value is -1.89. The molecule has 2 rings (SSSR count). The molecule has 0 spiro atoms. The number of amides is 2. The summed E-state index contributed by atoms with van der Waals surface area (Å²) < 4.78 is 0. The quantitative estimate of drug-likeness (QED) is 0.894. The van der Waals surface area contributed by atoms with Crippen LogP contribution >= 0.6 is 11.3 Å². The van der Waals surface area contributed by atoms with E-state index in [0.29, 0.717) is 16.4 Å². The van der Waals surface area contributed by atoms with Crippen molar-refractivity contribution in [2.75, 3.05) is 11.9 Å². The van der Waals surface area contributed by atoms with Crippen LogP contribution in [0.25, 0.3) is 0 Å². The number of thiophene rings is 1. The lowest BCUT2D eigenvalue weighted by atomic mass is 9.90. The SMILES string of the molecule is CC(=O)Nc1ccc(C(=O)N2CCCC(C)C2C(=O)O)s1. The van der Waals surface area contributed by atoms with Gasteiger partial charge in [0.1, 0.15) is 6.04 Å². The number of carboxylic acid groups (broad SMARTS) is 1. The molecule has 1 fully saturated rings. The normalized spacial score (nSPS) is 21.9. The Labute approximate surface area is 126 Å². The van der Waals surface area contributed by atoms with E-state index >= 15 is 0 Å². The maximum Gasteiger partial charge on any atom is 0.326 e. The number of carbonyl (C=O) groups excluding carboxylic acids is 2. The standard InChI is InChI=1S/C14H18N2O4S/c1-8-4-3-7-16(12(8)14(19)20)13(18)10-5-6-11(21-10)15-9(2)17/h5-6,8,12H,3-4,7H2,1-2H3,(H,15,17)(H,19,20). The van der Waals surface area contributed by atoms with Crippen molar-refractivity contribution in [1.82, 2.24) is 4.90 Å². The van der Waals surface area contributed by atoms with Crippen molar-refractivity contribution in [1.29, 1.82) is 0 Å². The van der Waals surface area contributed by atoms with Gasteiger partial charge >= 0.3 is 5.97 Å². The highest BCUT2D eigenvalue weighted by atomic mass is 32.1. The van der Waals surface area contributed by atoms with Gasteiger partial charge in [-0.1, -0.05) is 6.92 Å². The minimum absolute atomic E-state index is 0.0602. The second-order valence-electron chi connectivity index (χ2n) is 5.25. The average Bonchev–Trinajstić information content (AvgIpc) is 2.84. The van der Waals surface area contributed by atoms with Gasteiger partial charge in [0.05, 0.1) is 9.88 Å². The second-order valence-corrected chi connectivity index (χ2v) is 6.33. The fourth-order valence-electron chi connectivity index (χ4n) is 2.63. The summed E-state index contributed by atoms with van der Waals surface area (Å²) in [5.74, 6) is -1.51. The van der Waals surface area contributed by atoms with Crippen molar-refractivity contribution in [2.24, 2.45) is 5.92 Å². The molecule has 1 aliphatic rings. The predicted octanol–water partition coefficient (Wildman–Crippen LogP) is 2.03. The molecule has 6 nitrogen and oxygen atoms in total. The third-order valence-corrected chi connectivity index (χ3v) is 4.55. The number of nitrogens with zero attached hydrogens (tertiary/aromatic N) is 1. The molecule has 0 saturated carbocycles. The first-order chi connectivity index (χ1) is 9.90. The number of rotatable bonds is 3. The number of nitrogens with one attached hydrogen (secondary N) is 1. The van der Waals surface area contributed by atoms with Crippen LogP contribution in [0.2, 0.25) is 0 Å². The molecule has 1 aromatic heterocycles. The molecule has 0 bridgehead atoms. The predicted molar refractivity (Wildman–Crippen MR) is 79.5 cm³/mol. The maximum absolute atomic E-state index is 12.5. The van der Waals surface area contributed by atoms with Crippen molar-refractivity contribution in [3.05, 3.63) is 17.0 Å². The Morgan fingerprint density at radius 1 is 1.38 bits per heavy atom. The molecule has 1 aliphatic heterocycles. The van der Waals surface area contributed by atoms with E-state index in [1.807, 2.05) is 6.92 Å². The summed E-state index contributed by atoms with van der Waals surface area (Å²) in [5, 5.41) is 12.6. The molecule has 2 heterocycles. The number of hydrogen-bond acceptors (Lipinski definition) is 4. The largest absolute Gasteiger partial charge is 0.480 e. The molecule has 1 aromatic rings. The molecule has 0 radical (unpaired) electrons. The Bertz CT molecular complexity index is 569. The van der Waals surface area contributed by atoms with Crippen molar-refractivity contribution < 1.29 is 19.5 Å². The van der Waals surface area contributed by atoms with Gasteiger partial charge in [0.15, 0.2) is 0 Å². The third-order valence-electron chi connectivity index (χ3n) is 3.56. The number of carbonyl (C=O) groups is 3. The number of piperidine rings is 1. The monoisotopic (exact) mass is 310 g/mol. The van der Waals surface area contributed by atoms with Crippen LogP contribution in [-0.4, -0.2) is 40.4 Å². The van der Waals surface area contributed by atoms with Crippen LogP contribution in [0.15, 0.2) is 12.1 Å². The van der Waals surface area contributed by atoms with Crippen LogP contribution in [-0.2, 0) is 9.59 Å². The summed E-state index contributed by atoms with van der Waals surface area (Å²) in [6, 6.07) is 2.50. The van der Waals surface area contributed by atoms with Crippen LogP contribution in [0.1, 0.15) is 36.4 Å². The van der Waals surface area contributed by atoms with Crippen LogP contribution < -0.4 is 5.32 Å². The van der Waals surface area contributed by atoms with Gasteiger partial charge in [0.2, 0.25) is 5.91 Å². The summed E-state index contributed by atoms with van der Waals surface area (Å²) in [7, 11) is 0. The first-order valence-corrected chi connectivity index (χ1v) is 7.63. The molecule has 0 aliphatic carbocycles. The topological polar surface area (TPSA) is 86.7 Å². The van der Waals surface area contributed by atoms with Crippen LogP contribution in [0.4, 0.5) is 5.00 Å². The average molecular weight is 310 g/mol.